The Kier molecular flexibility index (Phi) is 3.37. The van der Waals surface area contributed by atoms with Gasteiger partial charge in [-0.2, -0.15) is 22.5 Å². The Labute approximate surface area is 104 Å². The van der Waals surface area contributed by atoms with Crippen molar-refractivity contribution in [1.29, 1.82) is 0 Å². The molecule has 1 N–H and O–H groups in total. The Balaban J connectivity index is 2.49. The number of nitrogens with one attached hydrogen (secondary N) is 1. The fraction of sp³-hybridized carbons (Fsp3) is 0.0833. The number of hydrogen-bond donors (Lipinski definition) is 1. The summed E-state index contributed by atoms with van der Waals surface area (Å²) in [6.07, 6.45) is 0. The third-order valence-electron chi connectivity index (χ3n) is 2.31. The van der Waals surface area contributed by atoms with Crippen molar-refractivity contribution in [1.82, 2.24) is 4.98 Å². The number of benzene rings is 1. The standard InChI is InChI=1S/C12H7F5N2/c1-5-2-6(13)4-7(3-5)18-10-8(14)11(16)19-12(17)9(10)15/h2-4H,1H3,(H,18,19). The number of aryl methyl sites for hydroxylation is 1. The summed E-state index contributed by atoms with van der Waals surface area (Å²) in [5, 5.41) is 2.09. The number of hydrogen-bond acceptors (Lipinski definition) is 2. The molecular formula is C12H7F5N2. The maximum absolute atomic E-state index is 13.3. The molecule has 1 aromatic heterocycles. The van der Waals surface area contributed by atoms with Gasteiger partial charge in [-0.05, 0) is 30.7 Å². The highest BCUT2D eigenvalue weighted by Crippen LogP contribution is 2.26. The van der Waals surface area contributed by atoms with Crippen molar-refractivity contribution in [2.24, 2.45) is 0 Å². The first-order valence-corrected chi connectivity index (χ1v) is 5.12. The van der Waals surface area contributed by atoms with Crippen molar-refractivity contribution >= 4 is 11.4 Å². The molecule has 0 aliphatic heterocycles. The van der Waals surface area contributed by atoms with E-state index in [1.807, 2.05) is 0 Å². The molecule has 7 heteroatoms. The molecule has 2 nitrogen and oxygen atoms in total. The summed E-state index contributed by atoms with van der Waals surface area (Å²) in [5.41, 5.74) is -0.631. The topological polar surface area (TPSA) is 24.9 Å². The molecule has 0 saturated carbocycles. The SMILES string of the molecule is Cc1cc(F)cc(Nc2c(F)c(F)nc(F)c2F)c1. The molecule has 100 valence electrons. The minimum Gasteiger partial charge on any atom is -0.350 e. The Bertz CT molecular complexity index is 596. The van der Waals surface area contributed by atoms with Gasteiger partial charge in [-0.3, -0.25) is 0 Å². The zero-order chi connectivity index (χ0) is 14.2. The predicted molar refractivity (Wildman–Crippen MR) is 58.5 cm³/mol. The van der Waals surface area contributed by atoms with Crippen molar-refractivity contribution < 1.29 is 22.0 Å². The van der Waals surface area contributed by atoms with Crippen LogP contribution in [0.25, 0.3) is 0 Å². The lowest BCUT2D eigenvalue weighted by molar-refractivity contribution is 0.411. The number of rotatable bonds is 2. The minimum atomic E-state index is -1.78. The lowest BCUT2D eigenvalue weighted by atomic mass is 10.2. The van der Waals surface area contributed by atoms with Gasteiger partial charge < -0.3 is 5.32 Å². The first-order chi connectivity index (χ1) is 8.88. The molecule has 19 heavy (non-hydrogen) atoms. The van der Waals surface area contributed by atoms with Gasteiger partial charge in [-0.25, -0.2) is 4.39 Å². The van der Waals surface area contributed by atoms with Crippen LogP contribution in [-0.2, 0) is 0 Å². The molecule has 0 aliphatic carbocycles. The van der Waals surface area contributed by atoms with Crippen LogP contribution in [0.15, 0.2) is 18.2 Å². The second kappa shape index (κ2) is 4.83. The van der Waals surface area contributed by atoms with Gasteiger partial charge in [0.1, 0.15) is 11.5 Å². The van der Waals surface area contributed by atoms with E-state index in [1.165, 1.54) is 12.1 Å². The van der Waals surface area contributed by atoms with Crippen molar-refractivity contribution in [2.45, 2.75) is 6.92 Å². The highest BCUT2D eigenvalue weighted by Gasteiger charge is 2.20. The molecule has 0 spiro atoms. The zero-order valence-electron chi connectivity index (χ0n) is 9.57. The van der Waals surface area contributed by atoms with E-state index in [1.54, 1.807) is 6.92 Å². The molecule has 0 fully saturated rings. The van der Waals surface area contributed by atoms with Gasteiger partial charge in [0.2, 0.25) is 11.6 Å². The molecule has 0 bridgehead atoms. The predicted octanol–water partition coefficient (Wildman–Crippen LogP) is 3.83. The summed E-state index contributed by atoms with van der Waals surface area (Å²) in [4.78, 5) is 2.41. The van der Waals surface area contributed by atoms with Crippen LogP contribution < -0.4 is 5.32 Å². The number of aromatic nitrogens is 1. The minimum absolute atomic E-state index is 0.0414. The van der Waals surface area contributed by atoms with Crippen LogP contribution in [0.5, 0.6) is 0 Å². The lowest BCUT2D eigenvalue weighted by Gasteiger charge is -2.10. The van der Waals surface area contributed by atoms with Crippen LogP contribution in [0.3, 0.4) is 0 Å². The highest BCUT2D eigenvalue weighted by atomic mass is 19.2. The smallest absolute Gasteiger partial charge is 0.253 e. The number of anilines is 2. The van der Waals surface area contributed by atoms with E-state index in [4.69, 9.17) is 0 Å². The average Bonchev–Trinajstić information content (AvgIpc) is 2.31. The molecule has 0 amide bonds. The van der Waals surface area contributed by atoms with Crippen LogP contribution in [0, 0.1) is 36.3 Å². The Morgan fingerprint density at radius 1 is 0.895 bits per heavy atom. The summed E-state index contributed by atoms with van der Waals surface area (Å²) in [7, 11) is 0. The van der Waals surface area contributed by atoms with Gasteiger partial charge >= 0.3 is 0 Å². The van der Waals surface area contributed by atoms with Crippen molar-refractivity contribution in [3.8, 4) is 0 Å². The van der Waals surface area contributed by atoms with Crippen molar-refractivity contribution in [3.05, 3.63) is 53.1 Å². The Hall–Kier alpha value is -2.18. The summed E-state index contributed by atoms with van der Waals surface area (Å²) in [6, 6.07) is 3.48. The van der Waals surface area contributed by atoms with E-state index >= 15 is 0 Å². The van der Waals surface area contributed by atoms with E-state index < -0.39 is 35.0 Å². The van der Waals surface area contributed by atoms with Gasteiger partial charge in [0.15, 0.2) is 0 Å². The Morgan fingerprint density at radius 3 is 2.00 bits per heavy atom. The van der Waals surface area contributed by atoms with Gasteiger partial charge in [0.25, 0.3) is 11.9 Å². The first-order valence-electron chi connectivity index (χ1n) is 5.12. The molecule has 0 atom stereocenters. The Morgan fingerprint density at radius 2 is 1.47 bits per heavy atom. The molecule has 1 aromatic carbocycles. The number of halogens is 5. The monoisotopic (exact) mass is 274 g/mol. The average molecular weight is 274 g/mol. The molecule has 0 saturated heterocycles. The third-order valence-corrected chi connectivity index (χ3v) is 2.31. The second-order valence-electron chi connectivity index (χ2n) is 3.84. The lowest BCUT2D eigenvalue weighted by Crippen LogP contribution is -2.06. The van der Waals surface area contributed by atoms with Crippen LogP contribution in [0.1, 0.15) is 5.56 Å². The van der Waals surface area contributed by atoms with Crippen molar-refractivity contribution in [2.75, 3.05) is 5.32 Å². The molecule has 0 radical (unpaired) electrons. The third kappa shape index (κ3) is 2.64. The normalized spacial score (nSPS) is 10.6. The molecule has 0 aliphatic rings. The molecule has 1 heterocycles. The van der Waals surface area contributed by atoms with E-state index in [-0.39, 0.29) is 5.69 Å². The molecule has 2 rings (SSSR count). The molecule has 0 unspecified atom stereocenters. The first kappa shape index (κ1) is 13.3. The van der Waals surface area contributed by atoms with E-state index in [0.717, 1.165) is 6.07 Å². The maximum atomic E-state index is 13.3. The zero-order valence-corrected chi connectivity index (χ0v) is 9.57. The molecule has 2 aromatic rings. The largest absolute Gasteiger partial charge is 0.350 e. The van der Waals surface area contributed by atoms with Crippen molar-refractivity contribution in [3.63, 3.8) is 0 Å². The summed E-state index contributed by atoms with van der Waals surface area (Å²) >= 11 is 0. The van der Waals surface area contributed by atoms with Crippen LogP contribution >= 0.6 is 0 Å². The summed E-state index contributed by atoms with van der Waals surface area (Å²) in [5.74, 6) is -7.58. The fourth-order valence-corrected chi connectivity index (χ4v) is 1.55. The van der Waals surface area contributed by atoms with Gasteiger partial charge in [0.05, 0.1) is 0 Å². The van der Waals surface area contributed by atoms with E-state index in [2.05, 4.69) is 10.3 Å². The maximum Gasteiger partial charge on any atom is 0.253 e. The van der Waals surface area contributed by atoms with Crippen LogP contribution in [0.4, 0.5) is 33.3 Å². The quantitative estimate of drug-likeness (QED) is 0.665. The highest BCUT2D eigenvalue weighted by molar-refractivity contribution is 5.61. The van der Waals surface area contributed by atoms with Crippen LogP contribution in [0.2, 0.25) is 0 Å². The molecular weight excluding hydrogens is 267 g/mol. The van der Waals surface area contributed by atoms with Gasteiger partial charge in [-0.15, -0.1) is 0 Å². The number of nitrogens with zero attached hydrogens (tertiary/aromatic N) is 1. The van der Waals surface area contributed by atoms with Gasteiger partial charge in [0, 0.05) is 5.69 Å². The van der Waals surface area contributed by atoms with Crippen LogP contribution in [-0.4, -0.2) is 4.98 Å². The van der Waals surface area contributed by atoms with E-state index in [9.17, 15) is 22.0 Å². The van der Waals surface area contributed by atoms with E-state index in [0.29, 0.717) is 5.56 Å². The summed E-state index contributed by atoms with van der Waals surface area (Å²) < 4.78 is 65.5. The number of pyridine rings is 1. The van der Waals surface area contributed by atoms with Gasteiger partial charge in [-0.1, -0.05) is 0 Å². The fourth-order valence-electron chi connectivity index (χ4n) is 1.55. The second-order valence-corrected chi connectivity index (χ2v) is 3.84. The summed E-state index contributed by atoms with van der Waals surface area (Å²) in [6.45, 7) is 1.55.